The van der Waals surface area contributed by atoms with Crippen molar-refractivity contribution in [1.82, 2.24) is 0 Å². The predicted molar refractivity (Wildman–Crippen MR) is 74.0 cm³/mol. The summed E-state index contributed by atoms with van der Waals surface area (Å²) in [6.07, 6.45) is 2.23. The molecule has 0 N–H and O–H groups in total. The Kier molecular flexibility index (Phi) is 5.32. The summed E-state index contributed by atoms with van der Waals surface area (Å²) in [4.78, 5) is 11.4. The van der Waals surface area contributed by atoms with Gasteiger partial charge in [0.2, 0.25) is 0 Å². The van der Waals surface area contributed by atoms with Gasteiger partial charge < -0.3 is 4.74 Å². The highest BCUT2D eigenvalue weighted by atomic mass is 79.9. The van der Waals surface area contributed by atoms with Crippen molar-refractivity contribution in [3.05, 3.63) is 40.9 Å². The van der Waals surface area contributed by atoms with E-state index in [1.165, 1.54) is 0 Å². The quantitative estimate of drug-likeness (QED) is 0.345. The molecule has 0 saturated heterocycles. The summed E-state index contributed by atoms with van der Waals surface area (Å²) in [7, 11) is 0. The van der Waals surface area contributed by atoms with Crippen LogP contribution < -0.4 is 4.74 Å². The third-order valence-corrected chi connectivity index (χ3v) is 2.78. The zero-order valence-corrected chi connectivity index (χ0v) is 12.4. The lowest BCUT2D eigenvalue weighted by atomic mass is 10.1. The highest BCUT2D eigenvalue weighted by Gasteiger charge is 2.33. The second-order valence-corrected chi connectivity index (χ2v) is 6.33. The molecule has 1 aromatic rings. The fraction of sp³-hybridized carbons (Fsp3) is 0.182. The molecule has 6 heteroatoms. The summed E-state index contributed by atoms with van der Waals surface area (Å²) in [5.74, 6) is -0.584. The second-order valence-electron chi connectivity index (χ2n) is 3.13. The molecule has 0 bridgehead atoms. The van der Waals surface area contributed by atoms with Crippen LogP contribution in [0.5, 0.6) is 5.75 Å². The molecule has 0 aliphatic rings. The van der Waals surface area contributed by atoms with Gasteiger partial charge in [0.15, 0.2) is 0 Å². The van der Waals surface area contributed by atoms with Gasteiger partial charge in [0.05, 0.1) is 0 Å². The summed E-state index contributed by atoms with van der Waals surface area (Å²) in [6.45, 7) is 3.62. The zero-order valence-electron chi connectivity index (χ0n) is 8.55. The van der Waals surface area contributed by atoms with Crippen LogP contribution in [0.4, 0.5) is 0 Å². The summed E-state index contributed by atoms with van der Waals surface area (Å²) in [5, 5.41) is 0. The molecule has 2 nitrogen and oxygen atoms in total. The number of halogens is 4. The lowest BCUT2D eigenvalue weighted by molar-refractivity contribution is -0.133. The van der Waals surface area contributed by atoms with Gasteiger partial charge in [-0.25, -0.2) is 4.79 Å². The molecular weight excluding hydrogens is 350 g/mol. The second kappa shape index (κ2) is 6.10. The molecule has 0 radical (unpaired) electrons. The Bertz CT molecular complexity index is 441. The van der Waals surface area contributed by atoms with Crippen molar-refractivity contribution >= 4 is 56.7 Å². The number of rotatable bonds is 3. The van der Waals surface area contributed by atoms with Crippen molar-refractivity contribution in [1.29, 1.82) is 0 Å². The Balaban J connectivity index is 2.98. The van der Waals surface area contributed by atoms with E-state index in [2.05, 4.69) is 22.5 Å². The lowest BCUT2D eigenvalue weighted by Gasteiger charge is -2.13. The number of hydrogen-bond acceptors (Lipinski definition) is 2. The number of benzene rings is 1. The van der Waals surface area contributed by atoms with Crippen molar-refractivity contribution in [2.45, 2.75) is 10.2 Å². The van der Waals surface area contributed by atoms with Crippen LogP contribution in [0.1, 0.15) is 5.56 Å². The SMILES string of the molecule is C=CCc1cc(Br)ccc1OC(=O)C(Cl)(Cl)Cl. The fourth-order valence-electron chi connectivity index (χ4n) is 1.12. The Morgan fingerprint density at radius 3 is 2.65 bits per heavy atom. The largest absolute Gasteiger partial charge is 0.423 e. The molecule has 1 rings (SSSR count). The summed E-state index contributed by atoms with van der Waals surface area (Å²) >= 11 is 19.6. The van der Waals surface area contributed by atoms with Gasteiger partial charge in [-0.2, -0.15) is 0 Å². The minimum Gasteiger partial charge on any atom is -0.423 e. The van der Waals surface area contributed by atoms with Crippen LogP contribution in [-0.2, 0) is 11.2 Å². The first-order valence-electron chi connectivity index (χ1n) is 4.53. The molecule has 0 fully saturated rings. The minimum absolute atomic E-state index is 0.351. The monoisotopic (exact) mass is 356 g/mol. The first-order chi connectivity index (χ1) is 7.84. The van der Waals surface area contributed by atoms with Crippen LogP contribution in [0.3, 0.4) is 0 Å². The maximum absolute atomic E-state index is 11.4. The van der Waals surface area contributed by atoms with E-state index in [1.807, 2.05) is 6.07 Å². The molecule has 0 unspecified atom stereocenters. The van der Waals surface area contributed by atoms with Gasteiger partial charge >= 0.3 is 5.97 Å². The summed E-state index contributed by atoms with van der Waals surface area (Å²) in [6, 6.07) is 5.16. The van der Waals surface area contributed by atoms with E-state index in [-0.39, 0.29) is 0 Å². The molecule has 0 atom stereocenters. The fourth-order valence-corrected chi connectivity index (χ4v) is 1.64. The number of alkyl halides is 3. The van der Waals surface area contributed by atoms with E-state index in [1.54, 1.807) is 18.2 Å². The van der Waals surface area contributed by atoms with E-state index >= 15 is 0 Å². The van der Waals surface area contributed by atoms with Gasteiger partial charge in [0.25, 0.3) is 3.79 Å². The minimum atomic E-state index is -2.08. The predicted octanol–water partition coefficient (Wildman–Crippen LogP) is 4.45. The summed E-state index contributed by atoms with van der Waals surface area (Å²) < 4.78 is 3.79. The van der Waals surface area contributed by atoms with Crippen LogP contribution in [0, 0.1) is 0 Å². The third-order valence-electron chi connectivity index (χ3n) is 1.82. The maximum atomic E-state index is 11.4. The number of carbonyl (C=O) groups excluding carboxylic acids is 1. The maximum Gasteiger partial charge on any atom is 0.363 e. The Hall–Kier alpha value is -0.220. The zero-order chi connectivity index (χ0) is 13.1. The Labute approximate surface area is 123 Å². The van der Waals surface area contributed by atoms with Crippen LogP contribution in [0.2, 0.25) is 0 Å². The van der Waals surface area contributed by atoms with Crippen LogP contribution in [-0.4, -0.2) is 9.76 Å². The van der Waals surface area contributed by atoms with Crippen molar-refractivity contribution in [2.24, 2.45) is 0 Å². The van der Waals surface area contributed by atoms with Crippen LogP contribution >= 0.6 is 50.7 Å². The lowest BCUT2D eigenvalue weighted by Crippen LogP contribution is -2.25. The Morgan fingerprint density at radius 1 is 1.47 bits per heavy atom. The normalized spacial score (nSPS) is 11.1. The molecule has 0 amide bonds. The van der Waals surface area contributed by atoms with E-state index < -0.39 is 9.76 Å². The van der Waals surface area contributed by atoms with Gasteiger partial charge in [-0.1, -0.05) is 56.8 Å². The molecule has 0 aliphatic heterocycles. The number of allylic oxidation sites excluding steroid dienone is 1. The van der Waals surface area contributed by atoms with Gasteiger partial charge in [-0.15, -0.1) is 6.58 Å². The number of carbonyl (C=O) groups is 1. The van der Waals surface area contributed by atoms with E-state index in [0.29, 0.717) is 12.2 Å². The highest BCUT2D eigenvalue weighted by molar-refractivity contribution is 9.10. The van der Waals surface area contributed by atoms with Crippen molar-refractivity contribution in [2.75, 3.05) is 0 Å². The first-order valence-corrected chi connectivity index (χ1v) is 6.45. The van der Waals surface area contributed by atoms with E-state index in [0.717, 1.165) is 10.0 Å². The first kappa shape index (κ1) is 14.8. The molecule has 1 aromatic carbocycles. The third kappa shape index (κ3) is 4.51. The smallest absolute Gasteiger partial charge is 0.363 e. The van der Waals surface area contributed by atoms with Gasteiger partial charge in [-0.05, 0) is 30.2 Å². The van der Waals surface area contributed by atoms with Crippen molar-refractivity contribution < 1.29 is 9.53 Å². The van der Waals surface area contributed by atoms with Crippen molar-refractivity contribution in [3.8, 4) is 5.75 Å². The number of esters is 1. The average molecular weight is 358 g/mol. The van der Waals surface area contributed by atoms with E-state index in [9.17, 15) is 4.79 Å². The number of hydrogen-bond donors (Lipinski definition) is 0. The van der Waals surface area contributed by atoms with Crippen molar-refractivity contribution in [3.63, 3.8) is 0 Å². The van der Waals surface area contributed by atoms with Gasteiger partial charge in [0, 0.05) is 4.47 Å². The topological polar surface area (TPSA) is 26.3 Å². The van der Waals surface area contributed by atoms with Crippen LogP contribution in [0.15, 0.2) is 35.3 Å². The van der Waals surface area contributed by atoms with Crippen LogP contribution in [0.25, 0.3) is 0 Å². The standard InChI is InChI=1S/C11H8BrCl3O2/c1-2-3-7-6-8(12)4-5-9(7)17-10(16)11(13,14)15/h2,4-6H,1,3H2. The molecule has 0 aliphatic carbocycles. The molecule has 0 heterocycles. The molecule has 0 saturated carbocycles. The average Bonchev–Trinajstić information content (AvgIpc) is 2.21. The Morgan fingerprint density at radius 2 is 2.12 bits per heavy atom. The van der Waals surface area contributed by atoms with Gasteiger partial charge in [0.1, 0.15) is 5.75 Å². The van der Waals surface area contributed by atoms with Gasteiger partial charge in [-0.3, -0.25) is 0 Å². The summed E-state index contributed by atoms with van der Waals surface area (Å²) in [5.41, 5.74) is 0.775. The molecule has 0 spiro atoms. The molecule has 0 aromatic heterocycles. The number of ether oxygens (including phenoxy) is 1. The molecular formula is C11H8BrCl3O2. The van der Waals surface area contributed by atoms with E-state index in [4.69, 9.17) is 39.5 Å². The molecule has 92 valence electrons. The molecule has 17 heavy (non-hydrogen) atoms. The highest BCUT2D eigenvalue weighted by Crippen LogP contribution is 2.30.